The van der Waals surface area contributed by atoms with E-state index in [1.807, 2.05) is 0 Å². The van der Waals surface area contributed by atoms with Crippen LogP contribution in [0.5, 0.6) is 0 Å². The molecule has 3 N–H and O–H groups in total. The summed E-state index contributed by atoms with van der Waals surface area (Å²) in [5.41, 5.74) is 5.86. The van der Waals surface area contributed by atoms with Gasteiger partial charge in [0.25, 0.3) is 0 Å². The quantitative estimate of drug-likeness (QED) is 0.875. The maximum atomic E-state index is 12.6. The SMILES string of the molecule is NCC1CCCCC1NC(=O)C1CCN(c2cnccn2)CC1. The van der Waals surface area contributed by atoms with Gasteiger partial charge in [-0.15, -0.1) is 0 Å². The van der Waals surface area contributed by atoms with Gasteiger partial charge >= 0.3 is 0 Å². The Labute approximate surface area is 137 Å². The summed E-state index contributed by atoms with van der Waals surface area (Å²) in [5.74, 6) is 1.69. The summed E-state index contributed by atoms with van der Waals surface area (Å²) in [6, 6.07) is 0.277. The molecule has 23 heavy (non-hydrogen) atoms. The molecule has 126 valence electrons. The number of hydrogen-bond donors (Lipinski definition) is 2. The summed E-state index contributed by atoms with van der Waals surface area (Å²) >= 11 is 0. The van der Waals surface area contributed by atoms with E-state index in [9.17, 15) is 4.79 Å². The van der Waals surface area contributed by atoms with Gasteiger partial charge in [-0.05, 0) is 38.1 Å². The molecule has 0 bridgehead atoms. The highest BCUT2D eigenvalue weighted by Gasteiger charge is 2.30. The number of carbonyl (C=O) groups excluding carboxylic acids is 1. The number of hydrogen-bond acceptors (Lipinski definition) is 5. The lowest BCUT2D eigenvalue weighted by Crippen LogP contribution is -2.48. The predicted octanol–water partition coefficient (Wildman–Crippen LogP) is 1.33. The van der Waals surface area contributed by atoms with E-state index in [0.29, 0.717) is 12.5 Å². The van der Waals surface area contributed by atoms with Crippen LogP contribution in [0.2, 0.25) is 0 Å². The first-order valence-electron chi connectivity index (χ1n) is 8.79. The van der Waals surface area contributed by atoms with Gasteiger partial charge in [0.1, 0.15) is 5.82 Å². The molecule has 2 fully saturated rings. The van der Waals surface area contributed by atoms with Gasteiger partial charge in [0.15, 0.2) is 0 Å². The maximum Gasteiger partial charge on any atom is 0.223 e. The van der Waals surface area contributed by atoms with Crippen LogP contribution >= 0.6 is 0 Å². The van der Waals surface area contributed by atoms with E-state index in [0.717, 1.165) is 44.6 Å². The summed E-state index contributed by atoms with van der Waals surface area (Å²) in [4.78, 5) is 23.2. The lowest BCUT2D eigenvalue weighted by molar-refractivity contribution is -0.126. The molecule has 1 saturated heterocycles. The number of carbonyl (C=O) groups is 1. The van der Waals surface area contributed by atoms with Gasteiger partial charge in [0, 0.05) is 37.4 Å². The molecule has 6 heteroatoms. The van der Waals surface area contributed by atoms with Crippen LogP contribution in [0.1, 0.15) is 38.5 Å². The number of aromatic nitrogens is 2. The van der Waals surface area contributed by atoms with Gasteiger partial charge in [-0.1, -0.05) is 12.8 Å². The lowest BCUT2D eigenvalue weighted by Gasteiger charge is -2.35. The Morgan fingerprint density at radius 3 is 2.70 bits per heavy atom. The first kappa shape index (κ1) is 16.2. The first-order chi connectivity index (χ1) is 11.3. The molecular weight excluding hydrogens is 290 g/mol. The van der Waals surface area contributed by atoms with E-state index >= 15 is 0 Å². The molecule has 2 unspecified atom stereocenters. The predicted molar refractivity (Wildman–Crippen MR) is 89.9 cm³/mol. The van der Waals surface area contributed by atoms with Crippen LogP contribution in [0, 0.1) is 11.8 Å². The molecule has 1 saturated carbocycles. The van der Waals surface area contributed by atoms with Gasteiger partial charge < -0.3 is 16.0 Å². The van der Waals surface area contributed by atoms with Crippen LogP contribution in [0.15, 0.2) is 18.6 Å². The average molecular weight is 317 g/mol. The fraction of sp³-hybridized carbons (Fsp3) is 0.706. The molecule has 2 aliphatic rings. The van der Waals surface area contributed by atoms with Crippen molar-refractivity contribution in [2.75, 3.05) is 24.5 Å². The topological polar surface area (TPSA) is 84.1 Å². The average Bonchev–Trinajstić information content (AvgIpc) is 2.63. The van der Waals surface area contributed by atoms with Crippen molar-refractivity contribution in [2.45, 2.75) is 44.6 Å². The van der Waals surface area contributed by atoms with Crippen molar-refractivity contribution < 1.29 is 4.79 Å². The number of nitrogens with zero attached hydrogens (tertiary/aromatic N) is 3. The number of piperidine rings is 1. The van der Waals surface area contributed by atoms with Crippen LogP contribution in [0.4, 0.5) is 5.82 Å². The lowest BCUT2D eigenvalue weighted by atomic mass is 9.84. The zero-order valence-corrected chi connectivity index (χ0v) is 13.7. The summed E-state index contributed by atoms with van der Waals surface area (Å²) in [6.45, 7) is 2.40. The second kappa shape index (κ2) is 7.73. The Bertz CT molecular complexity index is 501. The molecule has 6 nitrogen and oxygen atoms in total. The van der Waals surface area contributed by atoms with Crippen molar-refractivity contribution in [2.24, 2.45) is 17.6 Å². The number of anilines is 1. The molecule has 0 spiro atoms. The number of amides is 1. The van der Waals surface area contributed by atoms with E-state index in [2.05, 4.69) is 20.2 Å². The molecule has 1 aliphatic heterocycles. The maximum absolute atomic E-state index is 12.6. The normalized spacial score (nSPS) is 26.0. The summed E-state index contributed by atoms with van der Waals surface area (Å²) in [5, 5.41) is 3.28. The summed E-state index contributed by atoms with van der Waals surface area (Å²) in [7, 11) is 0. The third-order valence-corrected chi connectivity index (χ3v) is 5.28. The molecular formula is C17H27N5O. The van der Waals surface area contributed by atoms with Crippen molar-refractivity contribution in [1.82, 2.24) is 15.3 Å². The Kier molecular flexibility index (Phi) is 5.43. The van der Waals surface area contributed by atoms with Crippen LogP contribution in [-0.4, -0.2) is 41.6 Å². The molecule has 1 aromatic rings. The fourth-order valence-corrected chi connectivity index (χ4v) is 3.81. The molecule has 1 aliphatic carbocycles. The number of nitrogens with two attached hydrogens (primary N) is 1. The minimum Gasteiger partial charge on any atom is -0.355 e. The molecule has 1 aromatic heterocycles. The van der Waals surface area contributed by atoms with Crippen LogP contribution < -0.4 is 16.0 Å². The zero-order chi connectivity index (χ0) is 16.1. The van der Waals surface area contributed by atoms with E-state index in [-0.39, 0.29) is 17.9 Å². The second-order valence-electron chi connectivity index (χ2n) is 6.72. The largest absolute Gasteiger partial charge is 0.355 e. The smallest absolute Gasteiger partial charge is 0.223 e. The van der Waals surface area contributed by atoms with Gasteiger partial charge in [0.05, 0.1) is 6.20 Å². The molecule has 3 rings (SSSR count). The molecule has 0 aromatic carbocycles. The van der Waals surface area contributed by atoms with Crippen molar-refractivity contribution in [3.63, 3.8) is 0 Å². The fourth-order valence-electron chi connectivity index (χ4n) is 3.81. The third-order valence-electron chi connectivity index (χ3n) is 5.28. The Balaban J connectivity index is 1.50. The number of nitrogens with one attached hydrogen (secondary N) is 1. The summed E-state index contributed by atoms with van der Waals surface area (Å²) in [6.07, 6.45) is 11.6. The highest BCUT2D eigenvalue weighted by molar-refractivity contribution is 5.79. The minimum atomic E-state index is 0.114. The third kappa shape index (κ3) is 3.99. The van der Waals surface area contributed by atoms with Gasteiger partial charge in [0.2, 0.25) is 5.91 Å². The monoisotopic (exact) mass is 317 g/mol. The van der Waals surface area contributed by atoms with E-state index in [4.69, 9.17) is 5.73 Å². The van der Waals surface area contributed by atoms with E-state index in [1.54, 1.807) is 18.6 Å². The Morgan fingerprint density at radius 1 is 1.22 bits per heavy atom. The van der Waals surface area contributed by atoms with Gasteiger partial charge in [-0.2, -0.15) is 0 Å². The van der Waals surface area contributed by atoms with Crippen LogP contribution in [-0.2, 0) is 4.79 Å². The highest BCUT2D eigenvalue weighted by atomic mass is 16.2. The van der Waals surface area contributed by atoms with E-state index in [1.165, 1.54) is 12.8 Å². The van der Waals surface area contributed by atoms with E-state index < -0.39 is 0 Å². The van der Waals surface area contributed by atoms with Crippen molar-refractivity contribution in [3.8, 4) is 0 Å². The van der Waals surface area contributed by atoms with Gasteiger partial charge in [-0.3, -0.25) is 9.78 Å². The minimum absolute atomic E-state index is 0.114. The van der Waals surface area contributed by atoms with Crippen LogP contribution in [0.3, 0.4) is 0 Å². The number of rotatable bonds is 4. The molecule has 1 amide bonds. The highest BCUT2D eigenvalue weighted by Crippen LogP contribution is 2.25. The Morgan fingerprint density at radius 2 is 2.00 bits per heavy atom. The zero-order valence-electron chi connectivity index (χ0n) is 13.7. The van der Waals surface area contributed by atoms with Crippen molar-refractivity contribution in [1.29, 1.82) is 0 Å². The standard InChI is InChI=1S/C17H27N5O/c18-11-14-3-1-2-4-15(14)21-17(23)13-5-9-22(10-6-13)16-12-19-7-8-20-16/h7-8,12-15H,1-6,9-11,18H2,(H,21,23). The molecule has 0 radical (unpaired) electrons. The first-order valence-corrected chi connectivity index (χ1v) is 8.79. The Hall–Kier alpha value is -1.69. The van der Waals surface area contributed by atoms with Crippen molar-refractivity contribution in [3.05, 3.63) is 18.6 Å². The molecule has 2 heterocycles. The van der Waals surface area contributed by atoms with Crippen molar-refractivity contribution >= 4 is 11.7 Å². The molecule has 2 atom stereocenters. The van der Waals surface area contributed by atoms with Gasteiger partial charge in [-0.25, -0.2) is 4.98 Å². The summed E-state index contributed by atoms with van der Waals surface area (Å²) < 4.78 is 0. The van der Waals surface area contributed by atoms with Crippen LogP contribution in [0.25, 0.3) is 0 Å². The second-order valence-corrected chi connectivity index (χ2v) is 6.72.